The minimum absolute atomic E-state index is 0.287. The summed E-state index contributed by atoms with van der Waals surface area (Å²) in [5.41, 5.74) is 9.92. The molecule has 0 saturated carbocycles. The Labute approximate surface area is 171 Å². The van der Waals surface area contributed by atoms with Crippen LogP contribution in [0.1, 0.15) is 16.8 Å². The SMILES string of the molecule is N/C(=N\N=C\c1cn(Cc2cccc(Br)c2)c2ccccc12)c1ccccn1. The summed E-state index contributed by atoms with van der Waals surface area (Å²) in [4.78, 5) is 4.17. The Morgan fingerprint density at radius 3 is 2.75 bits per heavy atom. The molecular formula is C22H18BrN5. The van der Waals surface area contributed by atoms with Crippen molar-refractivity contribution in [3.63, 3.8) is 0 Å². The summed E-state index contributed by atoms with van der Waals surface area (Å²) in [6, 6.07) is 22.1. The highest BCUT2D eigenvalue weighted by Gasteiger charge is 2.07. The van der Waals surface area contributed by atoms with E-state index in [0.717, 1.165) is 27.5 Å². The molecule has 0 unspecified atom stereocenters. The van der Waals surface area contributed by atoms with Gasteiger partial charge in [0, 0.05) is 39.9 Å². The molecule has 2 aromatic carbocycles. The number of benzene rings is 2. The van der Waals surface area contributed by atoms with Crippen LogP contribution in [0.5, 0.6) is 0 Å². The number of para-hydroxylation sites is 1. The minimum atomic E-state index is 0.287. The maximum Gasteiger partial charge on any atom is 0.171 e. The molecule has 0 saturated heterocycles. The fraction of sp³-hybridized carbons (Fsp3) is 0.0455. The van der Waals surface area contributed by atoms with Gasteiger partial charge in [-0.05, 0) is 35.9 Å². The fourth-order valence-corrected chi connectivity index (χ4v) is 3.51. The lowest BCUT2D eigenvalue weighted by Gasteiger charge is -2.06. The van der Waals surface area contributed by atoms with Crippen LogP contribution in [0, 0.1) is 0 Å². The molecule has 2 aromatic heterocycles. The first-order valence-corrected chi connectivity index (χ1v) is 9.60. The van der Waals surface area contributed by atoms with Gasteiger partial charge in [-0.25, -0.2) is 0 Å². The van der Waals surface area contributed by atoms with Gasteiger partial charge in [0.1, 0.15) is 5.69 Å². The Hall–Kier alpha value is -3.25. The van der Waals surface area contributed by atoms with Crippen LogP contribution in [-0.4, -0.2) is 21.6 Å². The second kappa shape index (κ2) is 8.19. The van der Waals surface area contributed by atoms with Gasteiger partial charge in [-0.1, -0.05) is 52.3 Å². The van der Waals surface area contributed by atoms with Crippen molar-refractivity contribution in [3.05, 3.63) is 100 Å². The van der Waals surface area contributed by atoms with Crippen molar-refractivity contribution in [1.82, 2.24) is 9.55 Å². The van der Waals surface area contributed by atoms with Gasteiger partial charge < -0.3 is 10.3 Å². The fourth-order valence-electron chi connectivity index (χ4n) is 3.06. The van der Waals surface area contributed by atoms with E-state index in [9.17, 15) is 0 Å². The van der Waals surface area contributed by atoms with Crippen molar-refractivity contribution in [2.45, 2.75) is 6.54 Å². The third kappa shape index (κ3) is 4.02. The van der Waals surface area contributed by atoms with Crippen molar-refractivity contribution >= 4 is 38.9 Å². The third-order valence-corrected chi connectivity index (χ3v) is 4.84. The monoisotopic (exact) mass is 431 g/mol. The van der Waals surface area contributed by atoms with Gasteiger partial charge in [0.2, 0.25) is 0 Å². The van der Waals surface area contributed by atoms with Crippen LogP contribution in [0.4, 0.5) is 0 Å². The van der Waals surface area contributed by atoms with Gasteiger partial charge in [0.25, 0.3) is 0 Å². The maximum absolute atomic E-state index is 5.96. The van der Waals surface area contributed by atoms with Gasteiger partial charge in [-0.3, -0.25) is 4.98 Å². The Balaban J connectivity index is 1.64. The summed E-state index contributed by atoms with van der Waals surface area (Å²) in [5.74, 6) is 0.287. The molecule has 0 aliphatic rings. The molecule has 0 radical (unpaired) electrons. The first-order valence-electron chi connectivity index (χ1n) is 8.81. The molecule has 0 fully saturated rings. The molecule has 2 N–H and O–H groups in total. The number of halogens is 1. The van der Waals surface area contributed by atoms with Crippen molar-refractivity contribution in [3.8, 4) is 0 Å². The molecule has 4 rings (SSSR count). The van der Waals surface area contributed by atoms with Crippen LogP contribution in [0.15, 0.2) is 93.8 Å². The largest absolute Gasteiger partial charge is 0.380 e. The third-order valence-electron chi connectivity index (χ3n) is 4.35. The molecule has 0 aliphatic carbocycles. The normalized spacial score (nSPS) is 12.1. The average molecular weight is 432 g/mol. The zero-order chi connectivity index (χ0) is 19.3. The predicted octanol–water partition coefficient (Wildman–Crippen LogP) is 4.59. The number of hydrogen-bond donors (Lipinski definition) is 1. The summed E-state index contributed by atoms with van der Waals surface area (Å²) in [6.45, 7) is 0.771. The van der Waals surface area contributed by atoms with Gasteiger partial charge in [0.15, 0.2) is 5.84 Å². The molecular weight excluding hydrogens is 414 g/mol. The molecule has 0 amide bonds. The number of pyridine rings is 1. The smallest absolute Gasteiger partial charge is 0.171 e. The number of nitrogens with two attached hydrogens (primary N) is 1. The second-order valence-electron chi connectivity index (χ2n) is 6.30. The molecule has 0 atom stereocenters. The van der Waals surface area contributed by atoms with Crippen LogP contribution < -0.4 is 5.73 Å². The number of amidine groups is 1. The molecule has 0 spiro atoms. The van der Waals surface area contributed by atoms with E-state index in [1.807, 2.05) is 36.4 Å². The van der Waals surface area contributed by atoms with Crippen molar-refractivity contribution in [2.24, 2.45) is 15.9 Å². The Kier molecular flexibility index (Phi) is 5.30. The van der Waals surface area contributed by atoms with Crippen LogP contribution in [-0.2, 0) is 6.54 Å². The molecule has 138 valence electrons. The Morgan fingerprint density at radius 1 is 1.07 bits per heavy atom. The molecule has 4 aromatic rings. The van der Waals surface area contributed by atoms with Crippen LogP contribution >= 0.6 is 15.9 Å². The number of rotatable bonds is 5. The molecule has 0 bridgehead atoms. The van der Waals surface area contributed by atoms with E-state index in [1.54, 1.807) is 18.5 Å². The van der Waals surface area contributed by atoms with Gasteiger partial charge in [-0.2, -0.15) is 5.10 Å². The lowest BCUT2D eigenvalue weighted by molar-refractivity contribution is 0.836. The second-order valence-corrected chi connectivity index (χ2v) is 7.22. The van der Waals surface area contributed by atoms with Crippen molar-refractivity contribution < 1.29 is 0 Å². The molecule has 2 heterocycles. The maximum atomic E-state index is 5.96. The van der Waals surface area contributed by atoms with E-state index in [0.29, 0.717) is 5.69 Å². The van der Waals surface area contributed by atoms with Gasteiger partial charge >= 0.3 is 0 Å². The molecule has 0 aliphatic heterocycles. The standard InChI is InChI=1S/C22H18BrN5/c23-18-7-5-6-16(12-18)14-28-15-17(19-8-1-2-10-21(19)28)13-26-27-22(24)20-9-3-4-11-25-20/h1-13,15H,14H2,(H2,24,27)/b26-13+. The number of fused-ring (bicyclic) bond motifs is 1. The highest BCUT2D eigenvalue weighted by molar-refractivity contribution is 9.10. The summed E-state index contributed by atoms with van der Waals surface area (Å²) < 4.78 is 3.28. The van der Waals surface area contributed by atoms with E-state index in [4.69, 9.17) is 5.73 Å². The van der Waals surface area contributed by atoms with E-state index in [1.165, 1.54) is 5.56 Å². The van der Waals surface area contributed by atoms with Crippen LogP contribution in [0.2, 0.25) is 0 Å². The van der Waals surface area contributed by atoms with Gasteiger partial charge in [-0.15, -0.1) is 5.10 Å². The molecule has 5 nitrogen and oxygen atoms in total. The highest BCUT2D eigenvalue weighted by atomic mass is 79.9. The molecule has 6 heteroatoms. The zero-order valence-corrected chi connectivity index (χ0v) is 16.6. The molecule has 28 heavy (non-hydrogen) atoms. The zero-order valence-electron chi connectivity index (χ0n) is 15.0. The number of hydrogen-bond acceptors (Lipinski definition) is 3. The Morgan fingerprint density at radius 2 is 1.93 bits per heavy atom. The van der Waals surface area contributed by atoms with Crippen molar-refractivity contribution in [2.75, 3.05) is 0 Å². The summed E-state index contributed by atoms with van der Waals surface area (Å²) in [6.07, 6.45) is 5.49. The predicted molar refractivity (Wildman–Crippen MR) is 118 cm³/mol. The lowest BCUT2D eigenvalue weighted by Crippen LogP contribution is -2.14. The number of nitrogens with zero attached hydrogens (tertiary/aromatic N) is 4. The van der Waals surface area contributed by atoms with E-state index in [2.05, 4.69) is 66.1 Å². The average Bonchev–Trinajstić information content (AvgIpc) is 3.06. The first-order chi connectivity index (χ1) is 13.7. The van der Waals surface area contributed by atoms with E-state index < -0.39 is 0 Å². The van der Waals surface area contributed by atoms with Crippen molar-refractivity contribution in [1.29, 1.82) is 0 Å². The quantitative estimate of drug-likeness (QED) is 0.285. The highest BCUT2D eigenvalue weighted by Crippen LogP contribution is 2.22. The number of aromatic nitrogens is 2. The minimum Gasteiger partial charge on any atom is -0.380 e. The topological polar surface area (TPSA) is 68.6 Å². The summed E-state index contributed by atoms with van der Waals surface area (Å²) >= 11 is 3.54. The van der Waals surface area contributed by atoms with Crippen LogP contribution in [0.25, 0.3) is 10.9 Å². The Bertz CT molecular complexity index is 1160. The van der Waals surface area contributed by atoms with E-state index >= 15 is 0 Å². The van der Waals surface area contributed by atoms with Gasteiger partial charge in [0.05, 0.1) is 6.21 Å². The van der Waals surface area contributed by atoms with Crippen LogP contribution in [0.3, 0.4) is 0 Å². The summed E-state index contributed by atoms with van der Waals surface area (Å²) in [7, 11) is 0. The lowest BCUT2D eigenvalue weighted by atomic mass is 10.2. The first kappa shape index (κ1) is 18.1. The summed E-state index contributed by atoms with van der Waals surface area (Å²) in [5, 5.41) is 9.39. The van der Waals surface area contributed by atoms with E-state index in [-0.39, 0.29) is 5.84 Å².